The molecule has 0 spiro atoms. The van der Waals surface area contributed by atoms with E-state index in [4.69, 9.17) is 9.47 Å². The van der Waals surface area contributed by atoms with Crippen molar-refractivity contribution in [1.29, 1.82) is 0 Å². The predicted octanol–water partition coefficient (Wildman–Crippen LogP) is 3.97. The molecule has 1 amide bonds. The molecule has 0 fully saturated rings. The maximum absolute atomic E-state index is 13.5. The second-order valence-electron chi connectivity index (χ2n) is 7.23. The first kappa shape index (κ1) is 19.7. The van der Waals surface area contributed by atoms with Gasteiger partial charge in [-0.25, -0.2) is 9.37 Å². The molecule has 1 aromatic carbocycles. The van der Waals surface area contributed by atoms with E-state index in [1.54, 1.807) is 18.2 Å². The van der Waals surface area contributed by atoms with Crippen LogP contribution in [0.2, 0.25) is 0 Å². The molecule has 2 aromatic rings. The van der Waals surface area contributed by atoms with Crippen LogP contribution >= 0.6 is 0 Å². The fraction of sp³-hybridized carbons (Fsp3) is 0.400. The molecule has 1 N–H and O–H groups in total. The summed E-state index contributed by atoms with van der Waals surface area (Å²) in [4.78, 5) is 16.4. The van der Waals surface area contributed by atoms with Gasteiger partial charge in [-0.15, -0.1) is 0 Å². The summed E-state index contributed by atoms with van der Waals surface area (Å²) in [6.07, 6.45) is 1.46. The number of rotatable bonds is 6. The van der Waals surface area contributed by atoms with Crippen LogP contribution in [-0.2, 0) is 6.61 Å². The smallest absolute Gasteiger partial charge is 0.253 e. The zero-order valence-electron chi connectivity index (χ0n) is 15.8. The Hall–Kier alpha value is -2.63. The van der Waals surface area contributed by atoms with Gasteiger partial charge in [-0.05, 0) is 36.1 Å². The number of hydrogen-bond acceptors (Lipinski definition) is 4. The zero-order valence-corrected chi connectivity index (χ0v) is 15.8. The van der Waals surface area contributed by atoms with Gasteiger partial charge >= 0.3 is 0 Å². The molecule has 1 aromatic heterocycles. The van der Waals surface area contributed by atoms with E-state index >= 15 is 0 Å². The van der Waals surface area contributed by atoms with E-state index in [-0.39, 0.29) is 24.0 Å². The Labute approximate surface area is 153 Å². The topological polar surface area (TPSA) is 60.5 Å². The normalized spacial score (nSPS) is 12.4. The number of amides is 1. The van der Waals surface area contributed by atoms with Crippen molar-refractivity contribution in [2.24, 2.45) is 5.41 Å². The van der Waals surface area contributed by atoms with Crippen LogP contribution in [0.3, 0.4) is 0 Å². The van der Waals surface area contributed by atoms with Crippen LogP contribution in [0, 0.1) is 11.2 Å². The highest BCUT2D eigenvalue weighted by atomic mass is 19.1. The minimum Gasteiger partial charge on any atom is -0.497 e. The maximum Gasteiger partial charge on any atom is 0.253 e. The lowest BCUT2D eigenvalue weighted by atomic mass is 9.88. The maximum atomic E-state index is 13.5. The summed E-state index contributed by atoms with van der Waals surface area (Å²) in [5.41, 5.74) is 1.06. The molecule has 5 nitrogen and oxygen atoms in total. The fourth-order valence-electron chi connectivity index (χ4n) is 2.08. The van der Waals surface area contributed by atoms with Gasteiger partial charge in [-0.3, -0.25) is 4.79 Å². The van der Waals surface area contributed by atoms with Crippen LogP contribution in [0.15, 0.2) is 36.5 Å². The Kier molecular flexibility index (Phi) is 6.18. The lowest BCUT2D eigenvalue weighted by Gasteiger charge is -2.28. The van der Waals surface area contributed by atoms with Crippen LogP contribution < -0.4 is 14.8 Å². The highest BCUT2D eigenvalue weighted by Gasteiger charge is 2.22. The molecular formula is C20H25FN2O3. The third-order valence-corrected chi connectivity index (χ3v) is 4.20. The van der Waals surface area contributed by atoms with Crippen molar-refractivity contribution in [3.05, 3.63) is 53.5 Å². The van der Waals surface area contributed by atoms with Crippen LogP contribution in [-0.4, -0.2) is 24.0 Å². The van der Waals surface area contributed by atoms with E-state index in [2.05, 4.69) is 31.1 Å². The number of hydrogen-bond donors (Lipinski definition) is 1. The van der Waals surface area contributed by atoms with E-state index in [1.807, 2.05) is 6.92 Å². The molecule has 6 heteroatoms. The minimum atomic E-state index is -0.393. The summed E-state index contributed by atoms with van der Waals surface area (Å²) in [5.74, 6) is 0.211. The average Bonchev–Trinajstić information content (AvgIpc) is 2.59. The van der Waals surface area contributed by atoms with Crippen molar-refractivity contribution in [2.75, 3.05) is 7.11 Å². The monoisotopic (exact) mass is 360 g/mol. The molecule has 2 rings (SSSR count). The van der Waals surface area contributed by atoms with Crippen molar-refractivity contribution >= 4 is 5.91 Å². The molecule has 0 saturated carbocycles. The van der Waals surface area contributed by atoms with E-state index in [1.165, 1.54) is 25.4 Å². The summed E-state index contributed by atoms with van der Waals surface area (Å²) in [5, 5.41) is 2.96. The van der Waals surface area contributed by atoms with Crippen LogP contribution in [0.5, 0.6) is 11.6 Å². The number of aromatic nitrogens is 1. The van der Waals surface area contributed by atoms with Crippen LogP contribution in [0.4, 0.5) is 4.39 Å². The number of carbonyl (C=O) groups is 1. The molecule has 1 atom stereocenters. The highest BCUT2D eigenvalue weighted by Crippen LogP contribution is 2.20. The Balaban J connectivity index is 1.97. The van der Waals surface area contributed by atoms with Crippen molar-refractivity contribution < 1.29 is 18.7 Å². The standard InChI is InChI=1S/C20H25FN2O3/c1-13(20(2,3)4)23-19(24)15-6-7-18(22-11-15)26-12-14-8-16(21)10-17(9-14)25-5/h6-11,13H,12H2,1-5H3,(H,23,24)/t13-/m1/s1. The lowest BCUT2D eigenvalue weighted by molar-refractivity contribution is 0.0909. The molecule has 140 valence electrons. The predicted molar refractivity (Wildman–Crippen MR) is 97.9 cm³/mol. The Bertz CT molecular complexity index is 755. The molecule has 0 aliphatic rings. The van der Waals surface area contributed by atoms with Crippen molar-refractivity contribution in [2.45, 2.75) is 40.3 Å². The van der Waals surface area contributed by atoms with E-state index in [9.17, 15) is 9.18 Å². The van der Waals surface area contributed by atoms with Crippen molar-refractivity contribution in [3.63, 3.8) is 0 Å². The Morgan fingerprint density at radius 2 is 2.00 bits per heavy atom. The summed E-state index contributed by atoms with van der Waals surface area (Å²) in [7, 11) is 1.48. The summed E-state index contributed by atoms with van der Waals surface area (Å²) >= 11 is 0. The number of halogens is 1. The summed E-state index contributed by atoms with van der Waals surface area (Å²) in [6, 6.07) is 7.66. The van der Waals surface area contributed by atoms with Crippen molar-refractivity contribution in [3.8, 4) is 11.6 Å². The first-order valence-electron chi connectivity index (χ1n) is 8.42. The fourth-order valence-corrected chi connectivity index (χ4v) is 2.08. The Morgan fingerprint density at radius 3 is 2.58 bits per heavy atom. The van der Waals surface area contributed by atoms with Gasteiger partial charge in [0.05, 0.1) is 12.7 Å². The van der Waals surface area contributed by atoms with E-state index < -0.39 is 5.82 Å². The third-order valence-electron chi connectivity index (χ3n) is 4.20. The minimum absolute atomic E-state index is 0.0221. The molecule has 0 aliphatic carbocycles. The first-order chi connectivity index (χ1) is 12.2. The summed E-state index contributed by atoms with van der Waals surface area (Å²) in [6.45, 7) is 8.31. The highest BCUT2D eigenvalue weighted by molar-refractivity contribution is 5.94. The van der Waals surface area contributed by atoms with E-state index in [0.29, 0.717) is 22.8 Å². The molecule has 0 aliphatic heterocycles. The average molecular weight is 360 g/mol. The van der Waals surface area contributed by atoms with Gasteiger partial charge in [0.15, 0.2) is 0 Å². The second kappa shape index (κ2) is 8.17. The number of nitrogens with zero attached hydrogens (tertiary/aromatic N) is 1. The van der Waals surface area contributed by atoms with Crippen LogP contribution in [0.25, 0.3) is 0 Å². The zero-order chi connectivity index (χ0) is 19.3. The molecule has 0 unspecified atom stereocenters. The molecule has 26 heavy (non-hydrogen) atoms. The number of nitrogens with one attached hydrogen (secondary N) is 1. The van der Waals surface area contributed by atoms with Crippen molar-refractivity contribution in [1.82, 2.24) is 10.3 Å². The molecule has 1 heterocycles. The number of carbonyl (C=O) groups excluding carboxylic acids is 1. The number of ether oxygens (including phenoxy) is 2. The molecule has 0 radical (unpaired) electrons. The van der Waals surface area contributed by atoms with Gasteiger partial charge in [-0.2, -0.15) is 0 Å². The second-order valence-corrected chi connectivity index (χ2v) is 7.23. The molecule has 0 bridgehead atoms. The number of benzene rings is 1. The van der Waals surface area contributed by atoms with Gasteiger partial charge in [0, 0.05) is 24.4 Å². The molecular weight excluding hydrogens is 335 g/mol. The molecule has 0 saturated heterocycles. The van der Waals surface area contributed by atoms with Crippen LogP contribution in [0.1, 0.15) is 43.6 Å². The quantitative estimate of drug-likeness (QED) is 0.847. The van der Waals surface area contributed by atoms with Gasteiger partial charge in [0.2, 0.25) is 5.88 Å². The number of methoxy groups -OCH3 is 1. The van der Waals surface area contributed by atoms with Gasteiger partial charge in [-0.1, -0.05) is 20.8 Å². The third kappa shape index (κ3) is 5.44. The SMILES string of the molecule is COc1cc(F)cc(COc2ccc(C(=O)N[C@H](C)C(C)(C)C)cn2)c1. The first-order valence-corrected chi connectivity index (χ1v) is 8.42. The number of pyridine rings is 1. The van der Waals surface area contributed by atoms with Gasteiger partial charge in [0.1, 0.15) is 18.2 Å². The summed E-state index contributed by atoms with van der Waals surface area (Å²) < 4.78 is 24.1. The van der Waals surface area contributed by atoms with Gasteiger partial charge < -0.3 is 14.8 Å². The van der Waals surface area contributed by atoms with Gasteiger partial charge in [0.25, 0.3) is 5.91 Å². The lowest BCUT2D eigenvalue weighted by Crippen LogP contribution is -2.41. The van der Waals surface area contributed by atoms with E-state index in [0.717, 1.165) is 0 Å². The largest absolute Gasteiger partial charge is 0.497 e. The Morgan fingerprint density at radius 1 is 1.27 bits per heavy atom.